The Bertz CT molecular complexity index is 435. The summed E-state index contributed by atoms with van der Waals surface area (Å²) in [7, 11) is 2.08. The molecule has 1 aromatic rings. The molecule has 2 N–H and O–H groups in total. The molecule has 1 aliphatic rings. The number of anilines is 1. The van der Waals surface area contributed by atoms with Crippen LogP contribution in [0.15, 0.2) is 30.3 Å². The van der Waals surface area contributed by atoms with Crippen molar-refractivity contribution in [2.45, 2.75) is 32.2 Å². The summed E-state index contributed by atoms with van der Waals surface area (Å²) in [5.74, 6) is 0.801. The predicted octanol–water partition coefficient (Wildman–Crippen LogP) is 2.02. The number of hydrogen-bond acceptors (Lipinski definition) is 3. The van der Waals surface area contributed by atoms with Crippen LogP contribution in [0.2, 0.25) is 0 Å². The number of para-hydroxylation sites is 1. The highest BCUT2D eigenvalue weighted by Crippen LogP contribution is 2.15. The fourth-order valence-electron chi connectivity index (χ4n) is 2.77. The Labute approximate surface area is 127 Å². The third kappa shape index (κ3) is 5.05. The van der Waals surface area contributed by atoms with E-state index in [1.165, 1.54) is 12.1 Å². The first kappa shape index (κ1) is 15.8. The van der Waals surface area contributed by atoms with Crippen LogP contribution in [0, 0.1) is 5.92 Å². The van der Waals surface area contributed by atoms with Crippen LogP contribution < -0.4 is 15.5 Å². The van der Waals surface area contributed by atoms with Gasteiger partial charge in [-0.3, -0.25) is 4.79 Å². The van der Waals surface area contributed by atoms with E-state index >= 15 is 0 Å². The Morgan fingerprint density at radius 3 is 2.86 bits per heavy atom. The second-order valence-corrected chi connectivity index (χ2v) is 6.04. The molecule has 0 saturated carbocycles. The van der Waals surface area contributed by atoms with E-state index in [0.29, 0.717) is 5.92 Å². The summed E-state index contributed by atoms with van der Waals surface area (Å²) in [5.41, 5.74) is 1.21. The molecule has 0 spiro atoms. The van der Waals surface area contributed by atoms with Gasteiger partial charge in [-0.15, -0.1) is 0 Å². The highest BCUT2D eigenvalue weighted by molar-refractivity contribution is 5.81. The van der Waals surface area contributed by atoms with Crippen molar-refractivity contribution in [1.82, 2.24) is 10.6 Å². The second kappa shape index (κ2) is 8.03. The molecular formula is C17H27N3O. The van der Waals surface area contributed by atoms with Gasteiger partial charge in [-0.1, -0.05) is 25.1 Å². The molecule has 0 aliphatic carbocycles. The van der Waals surface area contributed by atoms with Crippen LogP contribution in [0.5, 0.6) is 0 Å². The molecule has 1 heterocycles. The van der Waals surface area contributed by atoms with Gasteiger partial charge in [-0.25, -0.2) is 0 Å². The zero-order valence-electron chi connectivity index (χ0n) is 13.1. The van der Waals surface area contributed by atoms with Crippen molar-refractivity contribution in [1.29, 1.82) is 0 Å². The molecule has 2 unspecified atom stereocenters. The van der Waals surface area contributed by atoms with E-state index in [-0.39, 0.29) is 11.9 Å². The van der Waals surface area contributed by atoms with Gasteiger partial charge in [0.2, 0.25) is 5.91 Å². The smallest absolute Gasteiger partial charge is 0.237 e. The topological polar surface area (TPSA) is 44.4 Å². The van der Waals surface area contributed by atoms with Gasteiger partial charge in [-0.2, -0.15) is 0 Å². The summed E-state index contributed by atoms with van der Waals surface area (Å²) in [4.78, 5) is 14.3. The monoisotopic (exact) mass is 289 g/mol. The summed E-state index contributed by atoms with van der Waals surface area (Å²) < 4.78 is 0. The Hall–Kier alpha value is -1.55. The zero-order chi connectivity index (χ0) is 15.1. The van der Waals surface area contributed by atoms with E-state index in [4.69, 9.17) is 0 Å². The predicted molar refractivity (Wildman–Crippen MR) is 87.5 cm³/mol. The second-order valence-electron chi connectivity index (χ2n) is 6.04. The lowest BCUT2D eigenvalue weighted by Gasteiger charge is -2.27. The minimum atomic E-state index is 0.000558. The number of carbonyl (C=O) groups is 1. The maximum atomic E-state index is 12.1. The molecule has 2 rings (SSSR count). The van der Waals surface area contributed by atoms with Gasteiger partial charge in [0.1, 0.15) is 0 Å². The highest BCUT2D eigenvalue weighted by Gasteiger charge is 2.23. The molecule has 2 atom stereocenters. The van der Waals surface area contributed by atoms with Crippen LogP contribution in [0.4, 0.5) is 5.69 Å². The van der Waals surface area contributed by atoms with Crippen LogP contribution in [0.1, 0.15) is 26.2 Å². The minimum absolute atomic E-state index is 0.000558. The lowest BCUT2D eigenvalue weighted by molar-refractivity contribution is -0.124. The Morgan fingerprint density at radius 2 is 2.14 bits per heavy atom. The minimum Gasteiger partial charge on any atom is -0.375 e. The number of benzene rings is 1. The third-order valence-corrected chi connectivity index (χ3v) is 4.15. The fourth-order valence-corrected chi connectivity index (χ4v) is 2.77. The average molecular weight is 289 g/mol. The third-order valence-electron chi connectivity index (χ3n) is 4.15. The summed E-state index contributed by atoms with van der Waals surface area (Å²) in [6.45, 7) is 4.85. The highest BCUT2D eigenvalue weighted by atomic mass is 16.2. The number of rotatable bonds is 6. The lowest BCUT2D eigenvalue weighted by Crippen LogP contribution is -2.48. The van der Waals surface area contributed by atoms with Crippen LogP contribution in [-0.2, 0) is 4.79 Å². The molecule has 116 valence electrons. The standard InChI is InChI=1S/C17H27N3O/c1-14-9-11-18-16(13-14)17(21)19-10-6-12-20(2)15-7-4-3-5-8-15/h3-5,7-8,14,16,18H,6,9-13H2,1-2H3,(H,19,21). The molecule has 1 aromatic carbocycles. The fraction of sp³-hybridized carbons (Fsp3) is 0.588. The number of piperidine rings is 1. The molecule has 1 amide bonds. The first-order valence-electron chi connectivity index (χ1n) is 7.94. The maximum absolute atomic E-state index is 12.1. The molecule has 21 heavy (non-hydrogen) atoms. The largest absolute Gasteiger partial charge is 0.375 e. The van der Waals surface area contributed by atoms with Gasteiger partial charge in [0.15, 0.2) is 0 Å². The van der Waals surface area contributed by atoms with Crippen molar-refractivity contribution in [2.24, 2.45) is 5.92 Å². The van der Waals surface area contributed by atoms with Crippen molar-refractivity contribution in [3.8, 4) is 0 Å². The van der Waals surface area contributed by atoms with Gasteiger partial charge in [0.05, 0.1) is 6.04 Å². The van der Waals surface area contributed by atoms with E-state index in [1.807, 2.05) is 18.2 Å². The molecule has 0 aromatic heterocycles. The van der Waals surface area contributed by atoms with E-state index in [9.17, 15) is 4.79 Å². The summed E-state index contributed by atoms with van der Waals surface area (Å²) in [6.07, 6.45) is 3.08. The van der Waals surface area contributed by atoms with Crippen molar-refractivity contribution >= 4 is 11.6 Å². The molecule has 4 heteroatoms. The number of amides is 1. The first-order valence-corrected chi connectivity index (χ1v) is 7.94. The Kier molecular flexibility index (Phi) is 6.05. The quantitative estimate of drug-likeness (QED) is 0.788. The summed E-state index contributed by atoms with van der Waals surface area (Å²) in [5, 5.41) is 6.35. The van der Waals surface area contributed by atoms with Gasteiger partial charge in [-0.05, 0) is 43.9 Å². The normalized spacial score (nSPS) is 21.8. The summed E-state index contributed by atoms with van der Waals surface area (Å²) >= 11 is 0. The van der Waals surface area contributed by atoms with Crippen molar-refractivity contribution in [2.75, 3.05) is 31.6 Å². The van der Waals surface area contributed by atoms with E-state index < -0.39 is 0 Å². The van der Waals surface area contributed by atoms with Crippen molar-refractivity contribution < 1.29 is 4.79 Å². The summed E-state index contributed by atoms with van der Waals surface area (Å²) in [6, 6.07) is 10.3. The van der Waals surface area contributed by atoms with Gasteiger partial charge < -0.3 is 15.5 Å². The van der Waals surface area contributed by atoms with Crippen molar-refractivity contribution in [3.63, 3.8) is 0 Å². The first-order chi connectivity index (χ1) is 10.2. The number of hydrogen-bond donors (Lipinski definition) is 2. The molecule has 0 radical (unpaired) electrons. The number of nitrogens with one attached hydrogen (secondary N) is 2. The van der Waals surface area contributed by atoms with Crippen LogP contribution in [0.25, 0.3) is 0 Å². The van der Waals surface area contributed by atoms with Crippen LogP contribution in [0.3, 0.4) is 0 Å². The van der Waals surface area contributed by atoms with Gasteiger partial charge >= 0.3 is 0 Å². The molecule has 1 aliphatic heterocycles. The lowest BCUT2D eigenvalue weighted by atomic mass is 9.94. The van der Waals surface area contributed by atoms with Gasteiger partial charge in [0.25, 0.3) is 0 Å². The van der Waals surface area contributed by atoms with Crippen LogP contribution >= 0.6 is 0 Å². The zero-order valence-corrected chi connectivity index (χ0v) is 13.1. The Morgan fingerprint density at radius 1 is 1.38 bits per heavy atom. The van der Waals surface area contributed by atoms with Crippen molar-refractivity contribution in [3.05, 3.63) is 30.3 Å². The SMILES string of the molecule is CC1CCNC(C(=O)NCCCN(C)c2ccccc2)C1. The van der Waals surface area contributed by atoms with E-state index in [2.05, 4.69) is 41.6 Å². The molecule has 4 nitrogen and oxygen atoms in total. The number of carbonyl (C=O) groups excluding carboxylic acids is 1. The molecule has 1 saturated heterocycles. The molecular weight excluding hydrogens is 262 g/mol. The number of nitrogens with zero attached hydrogens (tertiary/aromatic N) is 1. The Balaban J connectivity index is 1.64. The maximum Gasteiger partial charge on any atom is 0.237 e. The van der Waals surface area contributed by atoms with E-state index in [0.717, 1.165) is 32.5 Å². The molecule has 0 bridgehead atoms. The molecule has 1 fully saturated rings. The van der Waals surface area contributed by atoms with Crippen LogP contribution in [-0.4, -0.2) is 38.6 Å². The van der Waals surface area contributed by atoms with E-state index in [1.54, 1.807) is 0 Å². The average Bonchev–Trinajstić information content (AvgIpc) is 2.52. The van der Waals surface area contributed by atoms with Gasteiger partial charge in [0, 0.05) is 25.8 Å².